The van der Waals surface area contributed by atoms with Crippen molar-refractivity contribution >= 4 is 5.91 Å². The first-order valence-electron chi connectivity index (χ1n) is 7.72. The molecule has 0 aromatic carbocycles. The second-order valence-electron chi connectivity index (χ2n) is 5.96. The minimum Gasteiger partial charge on any atom is -0.396 e. The number of nitrogens with one attached hydrogen (secondary N) is 1. The molecule has 4 nitrogen and oxygen atoms in total. The molecule has 1 aliphatic rings. The number of nitrogens with zero attached hydrogens (tertiary/aromatic N) is 1. The second kappa shape index (κ2) is 9.32. The van der Waals surface area contributed by atoms with Gasteiger partial charge in [0, 0.05) is 12.6 Å². The molecule has 1 saturated carbocycles. The fourth-order valence-electron chi connectivity index (χ4n) is 2.78. The molecule has 2 N–H and O–H groups in total. The van der Waals surface area contributed by atoms with Crippen LogP contribution < -0.4 is 5.32 Å². The summed E-state index contributed by atoms with van der Waals surface area (Å²) in [5.41, 5.74) is 0. The smallest absolute Gasteiger partial charge is 0.234 e. The summed E-state index contributed by atoms with van der Waals surface area (Å²) in [5.74, 6) is 0.774. The Kier molecular flexibility index (Phi) is 8.07. The van der Waals surface area contributed by atoms with Gasteiger partial charge in [-0.05, 0) is 51.6 Å². The molecule has 4 heteroatoms. The molecule has 0 aromatic rings. The summed E-state index contributed by atoms with van der Waals surface area (Å²) >= 11 is 0. The van der Waals surface area contributed by atoms with E-state index in [1.807, 2.05) is 7.05 Å². The largest absolute Gasteiger partial charge is 0.396 e. The fraction of sp³-hybridized carbons (Fsp3) is 0.933. The number of hydrogen-bond donors (Lipinski definition) is 2. The van der Waals surface area contributed by atoms with E-state index in [2.05, 4.69) is 17.1 Å². The summed E-state index contributed by atoms with van der Waals surface area (Å²) < 4.78 is 0. The zero-order chi connectivity index (χ0) is 14.1. The Morgan fingerprint density at radius 2 is 2.00 bits per heavy atom. The Bertz CT molecular complexity index is 259. The fourth-order valence-corrected chi connectivity index (χ4v) is 2.78. The number of aliphatic hydroxyl groups is 1. The summed E-state index contributed by atoms with van der Waals surface area (Å²) in [6.07, 6.45) is 7.85. The maximum atomic E-state index is 12.0. The van der Waals surface area contributed by atoms with Crippen molar-refractivity contribution < 1.29 is 9.90 Å². The Morgan fingerprint density at radius 1 is 1.26 bits per heavy atom. The van der Waals surface area contributed by atoms with E-state index >= 15 is 0 Å². The SMILES string of the molecule is CC1CCCCC1NC(=O)CN(C)CCCCCO. The van der Waals surface area contributed by atoms with E-state index in [1.165, 1.54) is 19.3 Å². The summed E-state index contributed by atoms with van der Waals surface area (Å²) in [6.45, 7) is 3.92. The van der Waals surface area contributed by atoms with Gasteiger partial charge in [0.25, 0.3) is 0 Å². The average molecular weight is 270 g/mol. The number of unbranched alkanes of at least 4 members (excludes halogenated alkanes) is 2. The van der Waals surface area contributed by atoms with Crippen LogP contribution in [-0.2, 0) is 4.79 Å². The molecule has 0 aromatic heterocycles. The monoisotopic (exact) mass is 270 g/mol. The first-order valence-corrected chi connectivity index (χ1v) is 7.72. The molecule has 1 aliphatic carbocycles. The molecule has 0 radical (unpaired) electrons. The Balaban J connectivity index is 2.15. The van der Waals surface area contributed by atoms with Crippen LogP contribution in [0.4, 0.5) is 0 Å². The van der Waals surface area contributed by atoms with E-state index in [0.717, 1.165) is 32.2 Å². The molecule has 0 saturated heterocycles. The van der Waals surface area contributed by atoms with Crippen molar-refractivity contribution in [2.75, 3.05) is 26.7 Å². The highest BCUT2D eigenvalue weighted by atomic mass is 16.2. The zero-order valence-corrected chi connectivity index (χ0v) is 12.5. The van der Waals surface area contributed by atoms with Crippen LogP contribution in [0.15, 0.2) is 0 Å². The van der Waals surface area contributed by atoms with Gasteiger partial charge in [0.05, 0.1) is 6.54 Å². The van der Waals surface area contributed by atoms with Crippen LogP contribution in [0.25, 0.3) is 0 Å². The van der Waals surface area contributed by atoms with Gasteiger partial charge in [0.2, 0.25) is 5.91 Å². The highest BCUT2D eigenvalue weighted by Crippen LogP contribution is 2.23. The Hall–Kier alpha value is -0.610. The highest BCUT2D eigenvalue weighted by molar-refractivity contribution is 5.78. The van der Waals surface area contributed by atoms with Gasteiger partial charge in [-0.1, -0.05) is 19.8 Å². The van der Waals surface area contributed by atoms with Crippen molar-refractivity contribution in [3.05, 3.63) is 0 Å². The first kappa shape index (κ1) is 16.4. The molecule has 1 fully saturated rings. The van der Waals surface area contributed by atoms with Crippen LogP contribution in [0, 0.1) is 5.92 Å². The minimum atomic E-state index is 0.156. The number of hydrogen-bond acceptors (Lipinski definition) is 3. The lowest BCUT2D eigenvalue weighted by molar-refractivity contribution is -0.123. The molecular weight excluding hydrogens is 240 g/mol. The van der Waals surface area contributed by atoms with Crippen LogP contribution in [-0.4, -0.2) is 48.7 Å². The number of likely N-dealkylation sites (N-methyl/N-ethyl adjacent to an activating group) is 1. The van der Waals surface area contributed by atoms with Crippen molar-refractivity contribution in [3.63, 3.8) is 0 Å². The predicted molar refractivity (Wildman–Crippen MR) is 78.0 cm³/mol. The molecule has 0 spiro atoms. The summed E-state index contributed by atoms with van der Waals surface area (Å²) in [7, 11) is 1.99. The van der Waals surface area contributed by atoms with Gasteiger partial charge in [0.15, 0.2) is 0 Å². The van der Waals surface area contributed by atoms with Gasteiger partial charge >= 0.3 is 0 Å². The first-order chi connectivity index (χ1) is 9.13. The van der Waals surface area contributed by atoms with Gasteiger partial charge < -0.3 is 10.4 Å². The summed E-state index contributed by atoms with van der Waals surface area (Å²) in [4.78, 5) is 14.0. The van der Waals surface area contributed by atoms with E-state index in [1.54, 1.807) is 0 Å². The molecule has 112 valence electrons. The number of amides is 1. The maximum Gasteiger partial charge on any atom is 0.234 e. The van der Waals surface area contributed by atoms with Gasteiger partial charge in [-0.2, -0.15) is 0 Å². The number of carbonyl (C=O) groups is 1. The third-order valence-electron chi connectivity index (χ3n) is 4.07. The van der Waals surface area contributed by atoms with Crippen molar-refractivity contribution in [2.24, 2.45) is 5.92 Å². The van der Waals surface area contributed by atoms with Crippen molar-refractivity contribution in [2.45, 2.75) is 57.9 Å². The molecule has 2 atom stereocenters. The molecular formula is C15H30N2O2. The predicted octanol–water partition coefficient (Wildman–Crippen LogP) is 1.78. The Labute approximate surface area is 117 Å². The minimum absolute atomic E-state index is 0.156. The van der Waals surface area contributed by atoms with Crippen molar-refractivity contribution in [1.29, 1.82) is 0 Å². The lowest BCUT2D eigenvalue weighted by Crippen LogP contribution is -2.45. The van der Waals surface area contributed by atoms with Gasteiger partial charge in [-0.15, -0.1) is 0 Å². The lowest BCUT2D eigenvalue weighted by atomic mass is 9.86. The van der Waals surface area contributed by atoms with Crippen LogP contribution in [0.5, 0.6) is 0 Å². The van der Waals surface area contributed by atoms with Gasteiger partial charge in [-0.25, -0.2) is 0 Å². The van der Waals surface area contributed by atoms with E-state index in [4.69, 9.17) is 5.11 Å². The summed E-state index contributed by atoms with van der Waals surface area (Å²) in [5, 5.41) is 11.9. The molecule has 0 bridgehead atoms. The standard InChI is InChI=1S/C15H30N2O2/c1-13-8-4-5-9-14(13)16-15(19)12-17(2)10-6-3-7-11-18/h13-14,18H,3-12H2,1-2H3,(H,16,19). The number of aliphatic hydroxyl groups excluding tert-OH is 1. The maximum absolute atomic E-state index is 12.0. The number of carbonyl (C=O) groups excluding carboxylic acids is 1. The third kappa shape index (κ3) is 6.92. The van der Waals surface area contributed by atoms with Crippen LogP contribution in [0.2, 0.25) is 0 Å². The topological polar surface area (TPSA) is 52.6 Å². The molecule has 0 aliphatic heterocycles. The van der Waals surface area contributed by atoms with Crippen molar-refractivity contribution in [1.82, 2.24) is 10.2 Å². The van der Waals surface area contributed by atoms with Crippen LogP contribution >= 0.6 is 0 Å². The summed E-state index contributed by atoms with van der Waals surface area (Å²) in [6, 6.07) is 0.379. The van der Waals surface area contributed by atoms with Crippen molar-refractivity contribution in [3.8, 4) is 0 Å². The third-order valence-corrected chi connectivity index (χ3v) is 4.07. The normalized spacial score (nSPS) is 23.6. The van der Waals surface area contributed by atoms with Gasteiger partial charge in [0.1, 0.15) is 0 Å². The van der Waals surface area contributed by atoms with E-state index in [0.29, 0.717) is 18.5 Å². The van der Waals surface area contributed by atoms with E-state index in [9.17, 15) is 4.79 Å². The van der Waals surface area contributed by atoms with Crippen LogP contribution in [0.3, 0.4) is 0 Å². The van der Waals surface area contributed by atoms with E-state index < -0.39 is 0 Å². The highest BCUT2D eigenvalue weighted by Gasteiger charge is 2.22. The lowest BCUT2D eigenvalue weighted by Gasteiger charge is -2.30. The Morgan fingerprint density at radius 3 is 2.68 bits per heavy atom. The molecule has 0 heterocycles. The average Bonchev–Trinajstić information content (AvgIpc) is 2.37. The molecule has 1 amide bonds. The zero-order valence-electron chi connectivity index (χ0n) is 12.5. The van der Waals surface area contributed by atoms with Crippen LogP contribution in [0.1, 0.15) is 51.9 Å². The number of rotatable bonds is 8. The quantitative estimate of drug-likeness (QED) is 0.661. The van der Waals surface area contributed by atoms with E-state index in [-0.39, 0.29) is 12.5 Å². The molecule has 2 unspecified atom stereocenters. The molecule has 19 heavy (non-hydrogen) atoms. The second-order valence-corrected chi connectivity index (χ2v) is 5.96. The molecule has 1 rings (SSSR count). The van der Waals surface area contributed by atoms with Gasteiger partial charge in [-0.3, -0.25) is 9.69 Å².